The van der Waals surface area contributed by atoms with Crippen molar-refractivity contribution in [1.29, 1.82) is 0 Å². The molecule has 2 heteroatoms. The van der Waals surface area contributed by atoms with Gasteiger partial charge in [-0.15, -0.1) is 11.6 Å². The molecule has 0 amide bonds. The van der Waals surface area contributed by atoms with E-state index in [1.165, 1.54) is 5.56 Å². The lowest BCUT2D eigenvalue weighted by atomic mass is 10.0. The minimum Gasteiger partial charge on any atom is -0.306 e. The van der Waals surface area contributed by atoms with E-state index in [0.29, 0.717) is 5.88 Å². The van der Waals surface area contributed by atoms with E-state index in [-0.39, 0.29) is 5.54 Å². The van der Waals surface area contributed by atoms with Crippen LogP contribution in [0.25, 0.3) is 0 Å². The normalized spacial score (nSPS) is 15.1. The van der Waals surface area contributed by atoms with Gasteiger partial charge in [0.1, 0.15) is 0 Å². The van der Waals surface area contributed by atoms with Crippen LogP contribution in [0.3, 0.4) is 0 Å². The molecule has 1 aromatic carbocycles. The van der Waals surface area contributed by atoms with Crippen molar-refractivity contribution in [3.05, 3.63) is 35.9 Å². The molecule has 78 valence electrons. The number of halogens is 1. The number of rotatable bonds is 5. The number of benzene rings is 1. The molecule has 0 fully saturated rings. The molecule has 0 radical (unpaired) electrons. The smallest absolute Gasteiger partial charge is 0.0403 e. The lowest BCUT2D eigenvalue weighted by Gasteiger charge is -2.27. The standard InChI is InChI=1S/C12H18ClN/c1-3-12(2,10-13)14-9-11-7-5-4-6-8-11/h4-8,14H,3,9-10H2,1-2H3. The Hall–Kier alpha value is -0.530. The first kappa shape index (κ1) is 11.5. The lowest BCUT2D eigenvalue weighted by Crippen LogP contribution is -2.42. The first-order valence-corrected chi connectivity index (χ1v) is 5.58. The molecule has 1 unspecified atom stereocenters. The quantitative estimate of drug-likeness (QED) is 0.738. The van der Waals surface area contributed by atoms with Crippen molar-refractivity contribution in [3.63, 3.8) is 0 Å². The Morgan fingerprint density at radius 3 is 2.43 bits per heavy atom. The van der Waals surface area contributed by atoms with Crippen molar-refractivity contribution in [2.24, 2.45) is 0 Å². The first-order chi connectivity index (χ1) is 6.70. The largest absolute Gasteiger partial charge is 0.306 e. The summed E-state index contributed by atoms with van der Waals surface area (Å²) in [6.07, 6.45) is 1.04. The number of nitrogens with one attached hydrogen (secondary N) is 1. The zero-order valence-electron chi connectivity index (χ0n) is 8.89. The minimum absolute atomic E-state index is 0.0530. The van der Waals surface area contributed by atoms with Crippen LogP contribution >= 0.6 is 11.6 Å². The minimum atomic E-state index is 0.0530. The summed E-state index contributed by atoms with van der Waals surface area (Å²) >= 11 is 5.91. The fourth-order valence-corrected chi connectivity index (χ4v) is 1.46. The van der Waals surface area contributed by atoms with Gasteiger partial charge in [0.2, 0.25) is 0 Å². The Kier molecular flexibility index (Phi) is 4.43. The summed E-state index contributed by atoms with van der Waals surface area (Å²) < 4.78 is 0. The van der Waals surface area contributed by atoms with Gasteiger partial charge in [-0.2, -0.15) is 0 Å². The molecular formula is C12H18ClN. The Balaban J connectivity index is 2.48. The molecule has 1 nitrogen and oxygen atoms in total. The van der Waals surface area contributed by atoms with E-state index in [2.05, 4.69) is 43.4 Å². The average Bonchev–Trinajstić information content (AvgIpc) is 2.27. The molecule has 0 heterocycles. The third-order valence-electron chi connectivity index (χ3n) is 2.64. The molecule has 0 saturated heterocycles. The Labute approximate surface area is 91.5 Å². The van der Waals surface area contributed by atoms with Gasteiger partial charge in [-0.3, -0.25) is 0 Å². The third-order valence-corrected chi connectivity index (χ3v) is 3.23. The molecule has 0 spiro atoms. The van der Waals surface area contributed by atoms with Crippen LogP contribution in [0, 0.1) is 0 Å². The van der Waals surface area contributed by atoms with Crippen LogP contribution < -0.4 is 5.32 Å². The molecule has 0 saturated carbocycles. The predicted molar refractivity (Wildman–Crippen MR) is 62.7 cm³/mol. The molecule has 1 rings (SSSR count). The fourth-order valence-electron chi connectivity index (χ4n) is 1.18. The van der Waals surface area contributed by atoms with Gasteiger partial charge in [0.05, 0.1) is 0 Å². The number of hydrogen-bond donors (Lipinski definition) is 1. The topological polar surface area (TPSA) is 12.0 Å². The summed E-state index contributed by atoms with van der Waals surface area (Å²) in [5, 5.41) is 3.48. The highest BCUT2D eigenvalue weighted by Gasteiger charge is 2.19. The monoisotopic (exact) mass is 211 g/mol. The van der Waals surface area contributed by atoms with Crippen molar-refractivity contribution in [2.45, 2.75) is 32.4 Å². The van der Waals surface area contributed by atoms with Gasteiger partial charge in [-0.1, -0.05) is 37.3 Å². The zero-order chi connectivity index (χ0) is 10.4. The molecule has 14 heavy (non-hydrogen) atoms. The van der Waals surface area contributed by atoms with Crippen LogP contribution in [0.15, 0.2) is 30.3 Å². The first-order valence-electron chi connectivity index (χ1n) is 5.05. The van der Waals surface area contributed by atoms with Crippen LogP contribution in [0.4, 0.5) is 0 Å². The molecule has 1 N–H and O–H groups in total. The van der Waals surface area contributed by atoms with Gasteiger partial charge >= 0.3 is 0 Å². The Morgan fingerprint density at radius 2 is 1.93 bits per heavy atom. The van der Waals surface area contributed by atoms with Crippen LogP contribution in [0.2, 0.25) is 0 Å². The second-order valence-electron chi connectivity index (χ2n) is 3.89. The fraction of sp³-hybridized carbons (Fsp3) is 0.500. The van der Waals surface area contributed by atoms with Crippen molar-refractivity contribution in [3.8, 4) is 0 Å². The Bertz CT molecular complexity index is 254. The van der Waals surface area contributed by atoms with E-state index in [4.69, 9.17) is 11.6 Å². The van der Waals surface area contributed by atoms with Crippen LogP contribution in [0.5, 0.6) is 0 Å². The van der Waals surface area contributed by atoms with Gasteiger partial charge in [0.15, 0.2) is 0 Å². The van der Waals surface area contributed by atoms with E-state index >= 15 is 0 Å². The van der Waals surface area contributed by atoms with Crippen molar-refractivity contribution >= 4 is 11.6 Å². The molecule has 1 atom stereocenters. The summed E-state index contributed by atoms with van der Waals surface area (Å²) in [5.74, 6) is 0.649. The second kappa shape index (κ2) is 5.38. The van der Waals surface area contributed by atoms with E-state index in [9.17, 15) is 0 Å². The van der Waals surface area contributed by atoms with Crippen LogP contribution in [-0.4, -0.2) is 11.4 Å². The maximum absolute atomic E-state index is 5.91. The number of hydrogen-bond acceptors (Lipinski definition) is 1. The van der Waals surface area contributed by atoms with Crippen molar-refractivity contribution in [2.75, 3.05) is 5.88 Å². The number of alkyl halides is 1. The predicted octanol–water partition coefficient (Wildman–Crippen LogP) is 3.18. The third kappa shape index (κ3) is 3.32. The average molecular weight is 212 g/mol. The molecule has 0 aliphatic carbocycles. The van der Waals surface area contributed by atoms with Crippen LogP contribution in [-0.2, 0) is 6.54 Å². The van der Waals surface area contributed by atoms with E-state index in [1.54, 1.807) is 0 Å². The van der Waals surface area contributed by atoms with Crippen molar-refractivity contribution in [1.82, 2.24) is 5.32 Å². The van der Waals surface area contributed by atoms with Crippen LogP contribution in [0.1, 0.15) is 25.8 Å². The van der Waals surface area contributed by atoms with Gasteiger partial charge in [0.25, 0.3) is 0 Å². The van der Waals surface area contributed by atoms with E-state index in [0.717, 1.165) is 13.0 Å². The summed E-state index contributed by atoms with van der Waals surface area (Å²) in [6, 6.07) is 10.4. The second-order valence-corrected chi connectivity index (χ2v) is 4.15. The highest BCUT2D eigenvalue weighted by atomic mass is 35.5. The summed E-state index contributed by atoms with van der Waals surface area (Å²) in [7, 11) is 0. The lowest BCUT2D eigenvalue weighted by molar-refractivity contribution is 0.379. The van der Waals surface area contributed by atoms with Gasteiger partial charge in [0, 0.05) is 18.0 Å². The SMILES string of the molecule is CCC(C)(CCl)NCc1ccccc1. The zero-order valence-corrected chi connectivity index (χ0v) is 9.64. The summed E-state index contributed by atoms with van der Waals surface area (Å²) in [5.41, 5.74) is 1.36. The molecule has 1 aromatic rings. The van der Waals surface area contributed by atoms with E-state index < -0.39 is 0 Å². The summed E-state index contributed by atoms with van der Waals surface area (Å²) in [4.78, 5) is 0. The molecule has 0 aliphatic rings. The van der Waals surface area contributed by atoms with Gasteiger partial charge in [-0.25, -0.2) is 0 Å². The highest BCUT2D eigenvalue weighted by molar-refractivity contribution is 6.18. The summed E-state index contributed by atoms with van der Waals surface area (Å²) in [6.45, 7) is 5.20. The molecule has 0 aliphatic heterocycles. The molecule has 0 bridgehead atoms. The highest BCUT2D eigenvalue weighted by Crippen LogP contribution is 2.12. The van der Waals surface area contributed by atoms with E-state index in [1.807, 2.05) is 6.07 Å². The van der Waals surface area contributed by atoms with Gasteiger partial charge < -0.3 is 5.32 Å². The maximum Gasteiger partial charge on any atom is 0.0403 e. The Morgan fingerprint density at radius 1 is 1.29 bits per heavy atom. The van der Waals surface area contributed by atoms with Crippen molar-refractivity contribution < 1.29 is 0 Å². The molecule has 0 aromatic heterocycles. The maximum atomic E-state index is 5.91. The molecular weight excluding hydrogens is 194 g/mol. The van der Waals surface area contributed by atoms with Gasteiger partial charge in [-0.05, 0) is 18.9 Å².